The Bertz CT molecular complexity index is 3070. The molecule has 0 unspecified atom stereocenters. The molecular formula is C48H46Cl2N14O4. The van der Waals surface area contributed by atoms with Crippen molar-refractivity contribution in [3.63, 3.8) is 0 Å². The summed E-state index contributed by atoms with van der Waals surface area (Å²) >= 11 is 11.7. The maximum Gasteiger partial charge on any atom is 0.243 e. The molecule has 2 aliphatic carbocycles. The van der Waals surface area contributed by atoms with Crippen LogP contribution < -0.4 is 29.9 Å². The lowest BCUT2D eigenvalue weighted by molar-refractivity contribution is -0.115. The molecule has 8 aromatic rings. The lowest BCUT2D eigenvalue weighted by Gasteiger charge is -2.21. The summed E-state index contributed by atoms with van der Waals surface area (Å²) in [7, 11) is 6.79. The van der Waals surface area contributed by atoms with Gasteiger partial charge >= 0.3 is 0 Å². The van der Waals surface area contributed by atoms with E-state index in [0.29, 0.717) is 39.8 Å². The average Bonchev–Trinajstić information content (AvgIpc) is 4.04. The molecule has 10 rings (SSSR count). The molecule has 0 atom stereocenters. The molecule has 0 aromatic carbocycles. The van der Waals surface area contributed by atoms with Gasteiger partial charge in [-0.25, -0.2) is 34.9 Å². The molecule has 18 nitrogen and oxygen atoms in total. The van der Waals surface area contributed by atoms with Gasteiger partial charge in [0.05, 0.1) is 56.8 Å². The first-order valence-corrected chi connectivity index (χ1v) is 22.3. The Morgan fingerprint density at radius 1 is 0.588 bits per heavy atom. The number of aromatic nitrogens is 10. The first-order chi connectivity index (χ1) is 33.0. The Morgan fingerprint density at radius 3 is 1.66 bits per heavy atom. The number of likely N-dealkylation sites (N-methyl/N-ethyl adjacent to an activating group) is 2. The van der Waals surface area contributed by atoms with Crippen molar-refractivity contribution >= 4 is 79.6 Å². The number of carbonyl (C=O) groups excluding carboxylic acids is 2. The molecule has 2 N–H and O–H groups in total. The predicted molar refractivity (Wildman–Crippen MR) is 262 cm³/mol. The first kappa shape index (κ1) is 46.8. The predicted octanol–water partition coefficient (Wildman–Crippen LogP) is 7.43. The Kier molecular flexibility index (Phi) is 15.0. The zero-order chi connectivity index (χ0) is 47.6. The van der Waals surface area contributed by atoms with Crippen LogP contribution in [0.4, 0.5) is 23.0 Å². The van der Waals surface area contributed by atoms with E-state index in [2.05, 4.69) is 50.5 Å². The van der Waals surface area contributed by atoms with Gasteiger partial charge in [0.1, 0.15) is 22.5 Å². The number of halogens is 2. The second kappa shape index (κ2) is 21.7. The summed E-state index contributed by atoms with van der Waals surface area (Å²) in [6.45, 7) is 0.303. The van der Waals surface area contributed by atoms with Gasteiger partial charge in [0.15, 0.2) is 5.82 Å². The highest BCUT2D eigenvalue weighted by Crippen LogP contribution is 2.32. The fraction of sp³-hybridized carbons (Fsp3) is 0.250. The molecule has 0 saturated carbocycles. The van der Waals surface area contributed by atoms with Crippen molar-refractivity contribution in [3.05, 3.63) is 131 Å². The van der Waals surface area contributed by atoms with Gasteiger partial charge in [-0.15, -0.1) is 0 Å². The van der Waals surface area contributed by atoms with Crippen molar-refractivity contribution < 1.29 is 19.1 Å². The fourth-order valence-electron chi connectivity index (χ4n) is 7.73. The Labute approximate surface area is 401 Å². The minimum absolute atomic E-state index is 0.145. The number of carbonyl (C=O) groups is 2. The third-order valence-electron chi connectivity index (χ3n) is 11.0. The zero-order valence-corrected chi connectivity index (χ0v) is 39.2. The molecule has 2 amide bonds. The lowest BCUT2D eigenvalue weighted by Crippen LogP contribution is -2.31. The molecule has 346 valence electrons. The zero-order valence-electron chi connectivity index (χ0n) is 37.6. The quantitative estimate of drug-likeness (QED) is 0.0953. The molecule has 0 radical (unpaired) electrons. The van der Waals surface area contributed by atoms with E-state index in [-0.39, 0.29) is 30.2 Å². The number of aryl methyl sites for hydroxylation is 2. The van der Waals surface area contributed by atoms with Crippen LogP contribution in [0.15, 0.2) is 98.1 Å². The fourth-order valence-corrected chi connectivity index (χ4v) is 8.08. The summed E-state index contributed by atoms with van der Waals surface area (Å²) in [6, 6.07) is 14.5. The largest absolute Gasteiger partial charge is 0.481 e. The van der Waals surface area contributed by atoms with Crippen molar-refractivity contribution in [1.29, 1.82) is 0 Å². The number of rotatable bonds is 11. The number of methoxy groups -OCH3 is 2. The van der Waals surface area contributed by atoms with E-state index in [1.54, 1.807) is 93.0 Å². The standard InChI is InChI=1S/C24H23N7O2.C16H18ClN5O2.C8H5ClN2/c1-31(14-21(32)28-17-6-7-22(33-2)27-13-17)24-18-4-3-5-19(18)29-23(30-24)20-10-15-8-9-25-11-16(15)12-26-20;1-22(15-11-4-3-5-12(11)20-16(17)21-15)9-13(23)19-10-6-7-14(24-2)18-8-10;9-8-3-6-1-2-10-4-7(6)5-11-8/h6-13H,3-5,14H2,1-2H3,(H,28,32);6-8H,3-5,9H2,1-2H3,(H,19,23);1-5H. The molecule has 0 bridgehead atoms. The number of ether oxygens (including phenoxy) is 2. The summed E-state index contributed by atoms with van der Waals surface area (Å²) < 4.78 is 10.0. The average molecular weight is 954 g/mol. The van der Waals surface area contributed by atoms with Crippen LogP contribution in [0.2, 0.25) is 10.4 Å². The number of nitrogens with zero attached hydrogens (tertiary/aromatic N) is 12. The second-order valence-corrected chi connectivity index (χ2v) is 16.5. The van der Waals surface area contributed by atoms with Crippen LogP contribution in [0, 0.1) is 0 Å². The van der Waals surface area contributed by atoms with E-state index < -0.39 is 0 Å². The van der Waals surface area contributed by atoms with Crippen molar-refractivity contribution in [1.82, 2.24) is 49.8 Å². The third kappa shape index (κ3) is 11.6. The number of hydrogen-bond acceptors (Lipinski definition) is 16. The lowest BCUT2D eigenvalue weighted by atomic mass is 10.2. The number of pyridine rings is 6. The van der Waals surface area contributed by atoms with Crippen molar-refractivity contribution in [2.45, 2.75) is 38.5 Å². The number of fused-ring (bicyclic) bond motifs is 4. The smallest absolute Gasteiger partial charge is 0.243 e. The number of nitrogens with one attached hydrogen (secondary N) is 2. The second-order valence-electron chi connectivity index (χ2n) is 15.8. The Balaban J connectivity index is 0.000000155. The first-order valence-electron chi connectivity index (χ1n) is 21.6. The molecule has 0 fully saturated rings. The molecule has 0 aliphatic heterocycles. The van der Waals surface area contributed by atoms with Gasteiger partial charge in [-0.1, -0.05) is 11.6 Å². The van der Waals surface area contributed by atoms with Crippen LogP contribution in [0.5, 0.6) is 11.8 Å². The number of hydrogen-bond donors (Lipinski definition) is 2. The van der Waals surface area contributed by atoms with Gasteiger partial charge in [0, 0.05) is 91.0 Å². The van der Waals surface area contributed by atoms with Crippen molar-refractivity contribution in [2.24, 2.45) is 0 Å². The summed E-state index contributed by atoms with van der Waals surface area (Å²) in [5.41, 5.74) is 6.12. The highest BCUT2D eigenvalue weighted by molar-refractivity contribution is 6.30. The van der Waals surface area contributed by atoms with E-state index in [1.165, 1.54) is 0 Å². The van der Waals surface area contributed by atoms with Crippen LogP contribution in [-0.2, 0) is 35.3 Å². The molecule has 2 aliphatic rings. The Hall–Kier alpha value is -7.70. The van der Waals surface area contributed by atoms with Gasteiger partial charge in [-0.05, 0) is 97.3 Å². The molecule has 0 saturated heterocycles. The highest BCUT2D eigenvalue weighted by Gasteiger charge is 2.25. The van der Waals surface area contributed by atoms with Crippen LogP contribution >= 0.6 is 23.2 Å². The molecule has 68 heavy (non-hydrogen) atoms. The van der Waals surface area contributed by atoms with Gasteiger partial charge in [-0.2, -0.15) is 0 Å². The van der Waals surface area contributed by atoms with Gasteiger partial charge in [0.25, 0.3) is 0 Å². The van der Waals surface area contributed by atoms with Gasteiger partial charge in [-0.3, -0.25) is 24.5 Å². The molecular weight excluding hydrogens is 908 g/mol. The van der Waals surface area contributed by atoms with E-state index >= 15 is 0 Å². The topological polar surface area (TPSA) is 212 Å². The SMILES string of the molecule is COc1ccc(NC(=O)CN(C)c2nc(-c3cc4ccncc4cn3)nc3c2CCC3)cn1.COc1ccc(NC(=O)CN(C)c2nc(Cl)nc3c2CCC3)cn1.Clc1cc2ccncc2cn1. The van der Waals surface area contributed by atoms with Crippen LogP contribution in [-0.4, -0.2) is 103 Å². The van der Waals surface area contributed by atoms with E-state index in [0.717, 1.165) is 94.2 Å². The molecule has 8 heterocycles. The minimum Gasteiger partial charge on any atom is -0.481 e. The third-order valence-corrected chi connectivity index (χ3v) is 11.4. The summed E-state index contributed by atoms with van der Waals surface area (Å²) in [6.07, 6.45) is 19.3. The maximum absolute atomic E-state index is 12.7. The maximum atomic E-state index is 12.7. The number of anilines is 4. The normalized spacial score (nSPS) is 12.1. The Morgan fingerprint density at radius 2 is 1.12 bits per heavy atom. The van der Waals surface area contributed by atoms with Crippen molar-refractivity contribution in [2.75, 3.05) is 61.8 Å². The highest BCUT2D eigenvalue weighted by atomic mass is 35.5. The monoisotopic (exact) mass is 952 g/mol. The number of amides is 2. The summed E-state index contributed by atoms with van der Waals surface area (Å²) in [5, 5.41) is 10.5. The van der Waals surface area contributed by atoms with Gasteiger partial charge in [0.2, 0.25) is 28.9 Å². The molecule has 8 aromatic heterocycles. The van der Waals surface area contributed by atoms with Gasteiger partial charge < -0.3 is 29.9 Å². The van der Waals surface area contributed by atoms with Crippen LogP contribution in [0.1, 0.15) is 35.4 Å². The van der Waals surface area contributed by atoms with E-state index in [1.807, 2.05) is 43.3 Å². The van der Waals surface area contributed by atoms with E-state index in [9.17, 15) is 9.59 Å². The summed E-state index contributed by atoms with van der Waals surface area (Å²) in [4.78, 5) is 71.6. The van der Waals surface area contributed by atoms with Crippen molar-refractivity contribution in [3.8, 4) is 23.3 Å². The minimum atomic E-state index is -0.161. The molecule has 0 spiro atoms. The molecule has 20 heteroatoms. The summed E-state index contributed by atoms with van der Waals surface area (Å²) in [5.74, 6) is 2.73. The van der Waals surface area contributed by atoms with E-state index in [4.69, 9.17) is 42.6 Å². The van der Waals surface area contributed by atoms with Crippen LogP contribution in [0.3, 0.4) is 0 Å². The van der Waals surface area contributed by atoms with Crippen LogP contribution in [0.25, 0.3) is 33.1 Å².